The Bertz CT molecular complexity index is 644. The quantitative estimate of drug-likeness (QED) is 0.829. The van der Waals surface area contributed by atoms with Crippen molar-refractivity contribution in [3.05, 3.63) is 51.8 Å². The van der Waals surface area contributed by atoms with E-state index >= 15 is 0 Å². The highest BCUT2D eigenvalue weighted by molar-refractivity contribution is 6.42. The maximum atomic E-state index is 12.6. The van der Waals surface area contributed by atoms with E-state index in [1.807, 2.05) is 20.2 Å². The van der Waals surface area contributed by atoms with Crippen LogP contribution in [0.25, 0.3) is 0 Å². The predicted octanol–water partition coefficient (Wildman–Crippen LogP) is 3.31. The van der Waals surface area contributed by atoms with E-state index in [1.54, 1.807) is 29.3 Å². The molecule has 2 aromatic rings. The fourth-order valence-corrected chi connectivity index (χ4v) is 2.55. The fraction of sp³-hybridized carbons (Fsp3) is 0.375. The lowest BCUT2D eigenvalue weighted by Gasteiger charge is -2.23. The molecule has 0 aliphatic carbocycles. The Morgan fingerprint density at radius 1 is 1.17 bits per heavy atom. The van der Waals surface area contributed by atoms with Gasteiger partial charge in [0, 0.05) is 19.3 Å². The maximum Gasteiger partial charge on any atom is 0.272 e. The molecule has 1 N–H and O–H groups in total. The summed E-state index contributed by atoms with van der Waals surface area (Å²) < 4.78 is 0. The van der Waals surface area contributed by atoms with Crippen molar-refractivity contribution in [2.24, 2.45) is 0 Å². The zero-order valence-electron chi connectivity index (χ0n) is 13.2. The van der Waals surface area contributed by atoms with Gasteiger partial charge in [-0.1, -0.05) is 29.3 Å². The normalized spacial score (nSPS) is 11.0. The van der Waals surface area contributed by atoms with E-state index in [4.69, 9.17) is 23.2 Å². The maximum absolute atomic E-state index is 12.6. The third-order valence-electron chi connectivity index (χ3n) is 3.41. The molecule has 23 heavy (non-hydrogen) atoms. The molecule has 0 aliphatic rings. The molecule has 1 amide bonds. The van der Waals surface area contributed by atoms with Crippen LogP contribution in [-0.2, 0) is 6.54 Å². The zero-order chi connectivity index (χ0) is 16.8. The molecule has 0 atom stereocenters. The van der Waals surface area contributed by atoms with Crippen LogP contribution in [0.2, 0.25) is 10.0 Å². The predicted molar refractivity (Wildman–Crippen MR) is 93.0 cm³/mol. The van der Waals surface area contributed by atoms with E-state index in [2.05, 4.69) is 15.1 Å². The van der Waals surface area contributed by atoms with Crippen molar-refractivity contribution in [1.82, 2.24) is 20.0 Å². The molecule has 0 unspecified atom stereocenters. The van der Waals surface area contributed by atoms with Gasteiger partial charge in [-0.3, -0.25) is 9.89 Å². The standard InChI is InChI=1S/C16H20Cl2N4O/c1-21(2)8-3-9-22(16(23)15-6-7-19-20-15)11-12-4-5-13(17)14(18)10-12/h4-7,10H,3,8-9,11H2,1-2H3,(H,19,20). The molecule has 0 saturated carbocycles. The van der Waals surface area contributed by atoms with Crippen molar-refractivity contribution in [1.29, 1.82) is 0 Å². The van der Waals surface area contributed by atoms with Crippen molar-refractivity contribution >= 4 is 29.1 Å². The molecule has 0 aliphatic heterocycles. The highest BCUT2D eigenvalue weighted by Gasteiger charge is 2.17. The molecule has 124 valence electrons. The molecule has 1 aromatic heterocycles. The third-order valence-corrected chi connectivity index (χ3v) is 4.15. The Balaban J connectivity index is 2.11. The first-order valence-corrected chi connectivity index (χ1v) is 8.10. The summed E-state index contributed by atoms with van der Waals surface area (Å²) in [5.41, 5.74) is 1.42. The SMILES string of the molecule is CN(C)CCCN(Cc1ccc(Cl)c(Cl)c1)C(=O)c1ccn[nH]1. The molecule has 1 heterocycles. The second kappa shape index (κ2) is 8.34. The topological polar surface area (TPSA) is 52.2 Å². The number of H-pyrrole nitrogens is 1. The molecule has 7 heteroatoms. The summed E-state index contributed by atoms with van der Waals surface area (Å²) in [7, 11) is 4.03. The molecule has 0 saturated heterocycles. The van der Waals surface area contributed by atoms with Gasteiger partial charge in [0.2, 0.25) is 0 Å². The number of rotatable bonds is 7. The van der Waals surface area contributed by atoms with Gasteiger partial charge in [-0.25, -0.2) is 0 Å². The molecular weight excluding hydrogens is 335 g/mol. The van der Waals surface area contributed by atoms with Gasteiger partial charge in [0.15, 0.2) is 0 Å². The van der Waals surface area contributed by atoms with Gasteiger partial charge >= 0.3 is 0 Å². The van der Waals surface area contributed by atoms with Crippen LogP contribution in [0, 0.1) is 0 Å². The van der Waals surface area contributed by atoms with Crippen LogP contribution in [0.5, 0.6) is 0 Å². The summed E-state index contributed by atoms with van der Waals surface area (Å²) in [6, 6.07) is 7.10. The molecular formula is C16H20Cl2N4O. The number of halogens is 2. The first kappa shape index (κ1) is 17.8. The van der Waals surface area contributed by atoms with E-state index in [-0.39, 0.29) is 5.91 Å². The van der Waals surface area contributed by atoms with Gasteiger partial charge in [0.1, 0.15) is 5.69 Å². The summed E-state index contributed by atoms with van der Waals surface area (Å²) >= 11 is 12.0. The van der Waals surface area contributed by atoms with E-state index in [9.17, 15) is 4.79 Å². The number of carbonyl (C=O) groups is 1. The van der Waals surface area contributed by atoms with E-state index in [1.165, 1.54) is 0 Å². The number of amides is 1. The Labute approximate surface area is 146 Å². The van der Waals surface area contributed by atoms with Crippen molar-refractivity contribution in [3.8, 4) is 0 Å². The number of nitrogens with zero attached hydrogens (tertiary/aromatic N) is 3. The van der Waals surface area contributed by atoms with Crippen LogP contribution in [0.1, 0.15) is 22.5 Å². The Morgan fingerprint density at radius 3 is 2.57 bits per heavy atom. The number of hydrogen-bond donors (Lipinski definition) is 1. The van der Waals surface area contributed by atoms with Crippen molar-refractivity contribution in [2.45, 2.75) is 13.0 Å². The Hall–Kier alpha value is -1.56. The fourth-order valence-electron chi connectivity index (χ4n) is 2.23. The van der Waals surface area contributed by atoms with Gasteiger partial charge in [-0.2, -0.15) is 5.10 Å². The Kier molecular flexibility index (Phi) is 6.45. The van der Waals surface area contributed by atoms with Gasteiger partial charge in [0.05, 0.1) is 10.0 Å². The van der Waals surface area contributed by atoms with Crippen LogP contribution < -0.4 is 0 Å². The lowest BCUT2D eigenvalue weighted by atomic mass is 10.2. The summed E-state index contributed by atoms with van der Waals surface area (Å²) in [6.07, 6.45) is 2.46. The lowest BCUT2D eigenvalue weighted by molar-refractivity contribution is 0.0731. The highest BCUT2D eigenvalue weighted by atomic mass is 35.5. The van der Waals surface area contributed by atoms with Gasteiger partial charge in [-0.05, 0) is 50.8 Å². The first-order chi connectivity index (χ1) is 11.0. The molecule has 1 aromatic carbocycles. The smallest absolute Gasteiger partial charge is 0.272 e. The van der Waals surface area contributed by atoms with Gasteiger partial charge < -0.3 is 9.80 Å². The summed E-state index contributed by atoms with van der Waals surface area (Å²) in [6.45, 7) is 2.03. The minimum atomic E-state index is -0.0765. The van der Waals surface area contributed by atoms with Crippen LogP contribution in [0.3, 0.4) is 0 Å². The highest BCUT2D eigenvalue weighted by Crippen LogP contribution is 2.23. The van der Waals surface area contributed by atoms with Crippen LogP contribution in [-0.4, -0.2) is 53.1 Å². The van der Waals surface area contributed by atoms with Gasteiger partial charge in [-0.15, -0.1) is 0 Å². The Morgan fingerprint density at radius 2 is 1.96 bits per heavy atom. The minimum absolute atomic E-state index is 0.0765. The molecule has 2 rings (SSSR count). The second-order valence-electron chi connectivity index (χ2n) is 5.60. The van der Waals surface area contributed by atoms with Crippen molar-refractivity contribution < 1.29 is 4.79 Å². The first-order valence-electron chi connectivity index (χ1n) is 7.34. The van der Waals surface area contributed by atoms with E-state index < -0.39 is 0 Å². The second-order valence-corrected chi connectivity index (χ2v) is 6.42. The number of carbonyl (C=O) groups excluding carboxylic acids is 1. The summed E-state index contributed by atoms with van der Waals surface area (Å²) in [5, 5.41) is 7.57. The summed E-state index contributed by atoms with van der Waals surface area (Å²) in [5.74, 6) is -0.0765. The van der Waals surface area contributed by atoms with E-state index in [0.29, 0.717) is 28.8 Å². The number of aromatic amines is 1. The van der Waals surface area contributed by atoms with Crippen LogP contribution in [0.4, 0.5) is 0 Å². The number of aromatic nitrogens is 2. The average Bonchev–Trinajstić information content (AvgIpc) is 3.03. The number of hydrogen-bond acceptors (Lipinski definition) is 3. The number of benzene rings is 1. The average molecular weight is 355 g/mol. The van der Waals surface area contributed by atoms with Crippen LogP contribution in [0.15, 0.2) is 30.5 Å². The van der Waals surface area contributed by atoms with Crippen molar-refractivity contribution in [3.63, 3.8) is 0 Å². The van der Waals surface area contributed by atoms with Crippen LogP contribution >= 0.6 is 23.2 Å². The molecule has 0 fully saturated rings. The molecule has 0 spiro atoms. The molecule has 0 bridgehead atoms. The monoisotopic (exact) mass is 354 g/mol. The van der Waals surface area contributed by atoms with E-state index in [0.717, 1.165) is 18.5 Å². The lowest BCUT2D eigenvalue weighted by Crippen LogP contribution is -2.33. The van der Waals surface area contributed by atoms with Crippen molar-refractivity contribution in [2.75, 3.05) is 27.2 Å². The minimum Gasteiger partial charge on any atom is -0.333 e. The molecule has 5 nitrogen and oxygen atoms in total. The third kappa shape index (κ3) is 5.23. The van der Waals surface area contributed by atoms with Gasteiger partial charge in [0.25, 0.3) is 5.91 Å². The largest absolute Gasteiger partial charge is 0.333 e. The number of nitrogens with one attached hydrogen (secondary N) is 1. The summed E-state index contributed by atoms with van der Waals surface area (Å²) in [4.78, 5) is 16.5. The molecule has 0 radical (unpaired) electrons. The zero-order valence-corrected chi connectivity index (χ0v) is 14.7.